The Bertz CT molecular complexity index is 1270. The maximum Gasteiger partial charge on any atom is 0.253 e. The Labute approximate surface area is 202 Å². The van der Waals surface area contributed by atoms with Crippen molar-refractivity contribution in [3.63, 3.8) is 0 Å². The lowest BCUT2D eigenvalue weighted by molar-refractivity contribution is 0.0681. The van der Waals surface area contributed by atoms with Crippen LogP contribution < -0.4 is 0 Å². The molecule has 0 radical (unpaired) electrons. The van der Waals surface area contributed by atoms with Crippen molar-refractivity contribution in [1.29, 1.82) is 0 Å². The maximum absolute atomic E-state index is 13.3. The molecule has 5 rings (SSSR count). The fourth-order valence-electron chi connectivity index (χ4n) is 4.52. The number of hydrogen-bond acceptors (Lipinski definition) is 4. The fourth-order valence-corrected chi connectivity index (χ4v) is 4.65. The average Bonchev–Trinajstić information content (AvgIpc) is 3.35. The smallest absolute Gasteiger partial charge is 0.253 e. The lowest BCUT2D eigenvalue weighted by Crippen LogP contribution is -2.46. The Kier molecular flexibility index (Phi) is 6.11. The summed E-state index contributed by atoms with van der Waals surface area (Å²) in [6, 6.07) is 23.4. The highest BCUT2D eigenvalue weighted by molar-refractivity contribution is 6.30. The van der Waals surface area contributed by atoms with Gasteiger partial charge in [-0.15, -0.1) is 10.2 Å². The van der Waals surface area contributed by atoms with Gasteiger partial charge in [0.25, 0.3) is 5.91 Å². The molecule has 3 aromatic carbocycles. The molecule has 1 aromatic heterocycles. The number of benzene rings is 3. The van der Waals surface area contributed by atoms with Gasteiger partial charge in [0.05, 0.1) is 12.0 Å². The first-order valence-corrected chi connectivity index (χ1v) is 11.5. The van der Waals surface area contributed by atoms with Gasteiger partial charge < -0.3 is 4.90 Å². The van der Waals surface area contributed by atoms with Crippen LogP contribution in [0.5, 0.6) is 0 Å². The molecule has 1 aliphatic rings. The van der Waals surface area contributed by atoms with Crippen LogP contribution in [0, 0.1) is 5.82 Å². The van der Waals surface area contributed by atoms with Gasteiger partial charge in [-0.2, -0.15) is 4.80 Å². The molecule has 0 N–H and O–H groups in total. The van der Waals surface area contributed by atoms with E-state index in [-0.39, 0.29) is 11.7 Å². The zero-order valence-corrected chi connectivity index (χ0v) is 19.2. The summed E-state index contributed by atoms with van der Waals surface area (Å²) in [5, 5.41) is 14.2. The summed E-state index contributed by atoms with van der Waals surface area (Å²) in [4.78, 5) is 16.4. The average molecular weight is 476 g/mol. The number of hydrogen-bond donors (Lipinski definition) is 0. The van der Waals surface area contributed by atoms with Crippen LogP contribution in [0.15, 0.2) is 78.9 Å². The Morgan fingerprint density at radius 3 is 2.29 bits per heavy atom. The molecule has 0 unspecified atom stereocenters. The van der Waals surface area contributed by atoms with Crippen LogP contribution in [0.4, 0.5) is 4.39 Å². The van der Waals surface area contributed by atoms with Crippen molar-refractivity contribution in [2.75, 3.05) is 13.1 Å². The standard InChI is InChI=1S/C26H23ClFN5O/c27-22-10-6-19(7-11-22)18-33-30-25(29-31-33)26(21-4-2-1-3-5-21)14-16-32(17-15-26)24(34)20-8-12-23(28)13-9-20/h1-13H,14-18H2. The molecule has 1 amide bonds. The molecule has 4 aromatic rings. The minimum absolute atomic E-state index is 0.0963. The lowest BCUT2D eigenvalue weighted by Gasteiger charge is -2.40. The fraction of sp³-hybridized carbons (Fsp3) is 0.231. The summed E-state index contributed by atoms with van der Waals surface area (Å²) in [5.41, 5.74) is 2.18. The molecule has 8 heteroatoms. The molecule has 0 aliphatic carbocycles. The first-order chi connectivity index (χ1) is 16.5. The molecule has 6 nitrogen and oxygen atoms in total. The number of tetrazole rings is 1. The van der Waals surface area contributed by atoms with Crippen molar-refractivity contribution in [3.8, 4) is 0 Å². The third-order valence-corrected chi connectivity index (χ3v) is 6.69. The van der Waals surface area contributed by atoms with E-state index in [0.29, 0.717) is 48.9 Å². The van der Waals surface area contributed by atoms with Crippen LogP contribution in [-0.2, 0) is 12.0 Å². The number of carbonyl (C=O) groups is 1. The molecule has 0 saturated carbocycles. The highest BCUT2D eigenvalue weighted by Gasteiger charge is 2.42. The van der Waals surface area contributed by atoms with E-state index in [1.807, 2.05) is 47.4 Å². The summed E-state index contributed by atoms with van der Waals surface area (Å²) < 4.78 is 13.3. The van der Waals surface area contributed by atoms with Crippen LogP contribution in [-0.4, -0.2) is 44.1 Å². The van der Waals surface area contributed by atoms with Crippen LogP contribution >= 0.6 is 11.6 Å². The minimum Gasteiger partial charge on any atom is -0.339 e. The molecular formula is C26H23ClFN5O. The van der Waals surface area contributed by atoms with Crippen molar-refractivity contribution >= 4 is 17.5 Å². The van der Waals surface area contributed by atoms with Gasteiger partial charge >= 0.3 is 0 Å². The normalized spacial score (nSPS) is 15.3. The van der Waals surface area contributed by atoms with Crippen molar-refractivity contribution in [1.82, 2.24) is 25.1 Å². The summed E-state index contributed by atoms with van der Waals surface area (Å²) in [6.45, 7) is 1.57. The van der Waals surface area contributed by atoms with Crippen molar-refractivity contribution in [3.05, 3.63) is 112 Å². The van der Waals surface area contributed by atoms with E-state index in [9.17, 15) is 9.18 Å². The van der Waals surface area contributed by atoms with Crippen LogP contribution in [0.3, 0.4) is 0 Å². The van der Waals surface area contributed by atoms with E-state index in [2.05, 4.69) is 22.4 Å². The van der Waals surface area contributed by atoms with E-state index in [0.717, 1.165) is 11.1 Å². The highest BCUT2D eigenvalue weighted by Crippen LogP contribution is 2.40. The molecule has 0 spiro atoms. The SMILES string of the molecule is O=C(c1ccc(F)cc1)N1CCC(c2ccccc2)(c2nnn(Cc3ccc(Cl)cc3)n2)CC1. The Hall–Kier alpha value is -3.58. The molecule has 1 fully saturated rings. The second kappa shape index (κ2) is 9.35. The van der Waals surface area contributed by atoms with E-state index < -0.39 is 5.41 Å². The largest absolute Gasteiger partial charge is 0.339 e. The Morgan fingerprint density at radius 2 is 1.62 bits per heavy atom. The number of halogens is 2. The summed E-state index contributed by atoms with van der Waals surface area (Å²) in [7, 11) is 0. The van der Waals surface area contributed by atoms with Gasteiger partial charge in [0.2, 0.25) is 0 Å². The van der Waals surface area contributed by atoms with Crippen LogP contribution in [0.25, 0.3) is 0 Å². The Morgan fingerprint density at radius 1 is 0.941 bits per heavy atom. The summed E-state index contributed by atoms with van der Waals surface area (Å²) in [6.07, 6.45) is 1.33. The molecule has 2 heterocycles. The van der Waals surface area contributed by atoms with Gasteiger partial charge in [-0.1, -0.05) is 54.1 Å². The van der Waals surface area contributed by atoms with Crippen molar-refractivity contribution in [2.24, 2.45) is 0 Å². The number of carbonyl (C=O) groups excluding carboxylic acids is 1. The number of amides is 1. The number of nitrogens with zero attached hydrogens (tertiary/aromatic N) is 5. The molecule has 1 saturated heterocycles. The monoisotopic (exact) mass is 475 g/mol. The minimum atomic E-state index is -0.445. The van der Waals surface area contributed by atoms with Gasteiger partial charge in [0.15, 0.2) is 5.82 Å². The molecule has 0 atom stereocenters. The first kappa shape index (κ1) is 22.2. The predicted molar refractivity (Wildman–Crippen MR) is 127 cm³/mol. The third kappa shape index (κ3) is 4.43. The quantitative estimate of drug-likeness (QED) is 0.418. The van der Waals surface area contributed by atoms with Gasteiger partial charge in [-0.3, -0.25) is 4.79 Å². The van der Waals surface area contributed by atoms with E-state index in [4.69, 9.17) is 16.7 Å². The third-order valence-electron chi connectivity index (χ3n) is 6.44. The maximum atomic E-state index is 13.3. The number of piperidine rings is 1. The van der Waals surface area contributed by atoms with E-state index >= 15 is 0 Å². The van der Waals surface area contributed by atoms with Crippen LogP contribution in [0.2, 0.25) is 5.02 Å². The van der Waals surface area contributed by atoms with E-state index in [1.54, 1.807) is 4.80 Å². The van der Waals surface area contributed by atoms with Gasteiger partial charge in [0, 0.05) is 23.7 Å². The molecule has 34 heavy (non-hydrogen) atoms. The van der Waals surface area contributed by atoms with Gasteiger partial charge in [0.1, 0.15) is 5.82 Å². The van der Waals surface area contributed by atoms with Crippen molar-refractivity contribution < 1.29 is 9.18 Å². The first-order valence-electron chi connectivity index (χ1n) is 11.2. The number of likely N-dealkylation sites (tertiary alicyclic amines) is 1. The highest BCUT2D eigenvalue weighted by atomic mass is 35.5. The lowest BCUT2D eigenvalue weighted by atomic mass is 9.72. The van der Waals surface area contributed by atoms with E-state index in [1.165, 1.54) is 24.3 Å². The molecule has 172 valence electrons. The number of rotatable bonds is 5. The second-order valence-electron chi connectivity index (χ2n) is 8.52. The predicted octanol–water partition coefficient (Wildman–Crippen LogP) is 4.74. The van der Waals surface area contributed by atoms with Crippen molar-refractivity contribution in [2.45, 2.75) is 24.8 Å². The summed E-state index contributed by atoms with van der Waals surface area (Å²) in [5.74, 6) is 0.202. The zero-order chi connectivity index (χ0) is 23.5. The van der Waals surface area contributed by atoms with Gasteiger partial charge in [-0.05, 0) is 65.6 Å². The second-order valence-corrected chi connectivity index (χ2v) is 8.95. The van der Waals surface area contributed by atoms with Gasteiger partial charge in [-0.25, -0.2) is 4.39 Å². The summed E-state index contributed by atoms with van der Waals surface area (Å²) >= 11 is 5.99. The molecular weight excluding hydrogens is 453 g/mol. The number of aromatic nitrogens is 4. The zero-order valence-electron chi connectivity index (χ0n) is 18.4. The topological polar surface area (TPSA) is 63.9 Å². The van der Waals surface area contributed by atoms with Crippen LogP contribution in [0.1, 0.15) is 40.2 Å². The molecule has 0 bridgehead atoms. The molecule has 1 aliphatic heterocycles. The Balaban J connectivity index is 1.39.